The lowest BCUT2D eigenvalue weighted by Gasteiger charge is -2.11. The fraction of sp³-hybridized carbons (Fsp3) is 0.300. The zero-order valence-electron chi connectivity index (χ0n) is 7.83. The maximum atomic E-state index is 10.8. The highest BCUT2D eigenvalue weighted by atomic mass is 79.9. The number of benzene rings is 1. The van der Waals surface area contributed by atoms with Crippen molar-refractivity contribution in [2.24, 2.45) is 5.73 Å². The van der Waals surface area contributed by atoms with E-state index in [0.717, 1.165) is 15.6 Å². The predicted molar refractivity (Wildman–Crippen MR) is 58.3 cm³/mol. The van der Waals surface area contributed by atoms with Crippen molar-refractivity contribution in [2.75, 3.05) is 6.54 Å². The third-order valence-corrected chi connectivity index (χ3v) is 3.01. The smallest absolute Gasteiger partial charge is 0.312 e. The number of carbonyl (C=O) groups is 1. The fourth-order valence-electron chi connectivity index (χ4n) is 1.26. The minimum Gasteiger partial charge on any atom is -0.481 e. The Hall–Kier alpha value is -0.870. The minimum absolute atomic E-state index is 0.121. The van der Waals surface area contributed by atoms with E-state index in [9.17, 15) is 4.79 Å². The van der Waals surface area contributed by atoms with Gasteiger partial charge in [-0.15, -0.1) is 0 Å². The zero-order valence-corrected chi connectivity index (χ0v) is 9.41. The Morgan fingerprint density at radius 1 is 1.64 bits per heavy atom. The van der Waals surface area contributed by atoms with Gasteiger partial charge >= 0.3 is 5.97 Å². The lowest BCUT2D eigenvalue weighted by Crippen LogP contribution is -2.21. The Morgan fingerprint density at radius 2 is 2.29 bits per heavy atom. The quantitative estimate of drug-likeness (QED) is 0.870. The largest absolute Gasteiger partial charge is 0.481 e. The van der Waals surface area contributed by atoms with E-state index in [0.29, 0.717) is 0 Å². The molecule has 0 saturated heterocycles. The lowest BCUT2D eigenvalue weighted by atomic mass is 9.98. The third kappa shape index (κ3) is 2.33. The third-order valence-electron chi connectivity index (χ3n) is 2.12. The van der Waals surface area contributed by atoms with E-state index in [1.807, 2.05) is 19.1 Å². The van der Waals surface area contributed by atoms with Gasteiger partial charge in [-0.3, -0.25) is 4.79 Å². The number of hydrogen-bond acceptors (Lipinski definition) is 2. The molecular formula is C10H12BrNO2. The maximum absolute atomic E-state index is 10.8. The average Bonchev–Trinajstić information content (AvgIpc) is 2.11. The number of aliphatic carboxylic acids is 1. The summed E-state index contributed by atoms with van der Waals surface area (Å²) in [5, 5.41) is 8.90. The molecule has 0 saturated carbocycles. The topological polar surface area (TPSA) is 63.3 Å². The van der Waals surface area contributed by atoms with Crippen LogP contribution in [0.15, 0.2) is 22.7 Å². The van der Waals surface area contributed by atoms with Crippen molar-refractivity contribution in [1.82, 2.24) is 0 Å². The van der Waals surface area contributed by atoms with E-state index in [-0.39, 0.29) is 6.54 Å². The molecule has 1 rings (SSSR count). The molecule has 3 N–H and O–H groups in total. The highest BCUT2D eigenvalue weighted by Crippen LogP contribution is 2.22. The summed E-state index contributed by atoms with van der Waals surface area (Å²) in [4.78, 5) is 10.8. The van der Waals surface area contributed by atoms with Crippen LogP contribution in [0.5, 0.6) is 0 Å². The molecule has 0 spiro atoms. The summed E-state index contributed by atoms with van der Waals surface area (Å²) in [7, 11) is 0. The molecule has 1 unspecified atom stereocenters. The molecule has 14 heavy (non-hydrogen) atoms. The van der Waals surface area contributed by atoms with Gasteiger partial charge in [0.1, 0.15) is 0 Å². The molecule has 0 aliphatic carbocycles. The van der Waals surface area contributed by atoms with Crippen LogP contribution < -0.4 is 5.73 Å². The average molecular weight is 258 g/mol. The van der Waals surface area contributed by atoms with Crippen LogP contribution in [0.4, 0.5) is 0 Å². The monoisotopic (exact) mass is 257 g/mol. The number of nitrogens with two attached hydrogens (primary N) is 1. The number of carboxylic acid groups (broad SMARTS) is 1. The lowest BCUT2D eigenvalue weighted by molar-refractivity contribution is -0.138. The summed E-state index contributed by atoms with van der Waals surface area (Å²) in [6.07, 6.45) is 0. The van der Waals surface area contributed by atoms with Gasteiger partial charge in [0.2, 0.25) is 0 Å². The van der Waals surface area contributed by atoms with Crippen molar-refractivity contribution in [1.29, 1.82) is 0 Å². The van der Waals surface area contributed by atoms with Crippen molar-refractivity contribution in [3.63, 3.8) is 0 Å². The first kappa shape index (κ1) is 11.2. The van der Waals surface area contributed by atoms with E-state index in [1.54, 1.807) is 6.07 Å². The molecule has 0 radical (unpaired) electrons. The van der Waals surface area contributed by atoms with E-state index < -0.39 is 11.9 Å². The minimum atomic E-state index is -0.880. The van der Waals surface area contributed by atoms with Gasteiger partial charge in [-0.25, -0.2) is 0 Å². The summed E-state index contributed by atoms with van der Waals surface area (Å²) in [6, 6.07) is 5.47. The van der Waals surface area contributed by atoms with Crippen LogP contribution in [0.2, 0.25) is 0 Å². The zero-order chi connectivity index (χ0) is 10.7. The van der Waals surface area contributed by atoms with E-state index in [2.05, 4.69) is 15.9 Å². The van der Waals surface area contributed by atoms with Gasteiger partial charge in [-0.2, -0.15) is 0 Å². The molecule has 0 aliphatic rings. The van der Waals surface area contributed by atoms with Gasteiger partial charge in [-0.05, 0) is 24.1 Å². The number of rotatable bonds is 3. The van der Waals surface area contributed by atoms with Gasteiger partial charge in [0, 0.05) is 11.0 Å². The molecule has 0 fully saturated rings. The molecule has 0 aromatic heterocycles. The van der Waals surface area contributed by atoms with Crippen molar-refractivity contribution in [3.8, 4) is 0 Å². The maximum Gasteiger partial charge on any atom is 0.312 e. The Balaban J connectivity index is 3.06. The molecule has 1 atom stereocenters. The predicted octanol–water partition coefficient (Wildman–Crippen LogP) is 1.88. The Labute approximate surface area is 91.1 Å². The van der Waals surface area contributed by atoms with E-state index in [1.165, 1.54) is 0 Å². The summed E-state index contributed by atoms with van der Waals surface area (Å²) in [6.45, 7) is 2.04. The first-order chi connectivity index (χ1) is 6.56. The summed E-state index contributed by atoms with van der Waals surface area (Å²) < 4.78 is 0.974. The molecule has 0 bridgehead atoms. The molecule has 1 aromatic carbocycles. The highest BCUT2D eigenvalue weighted by Gasteiger charge is 2.17. The first-order valence-electron chi connectivity index (χ1n) is 4.25. The van der Waals surface area contributed by atoms with Crippen LogP contribution in [-0.4, -0.2) is 17.6 Å². The second kappa shape index (κ2) is 4.57. The number of aryl methyl sites for hydroxylation is 1. The van der Waals surface area contributed by atoms with Crippen LogP contribution in [0.1, 0.15) is 17.0 Å². The van der Waals surface area contributed by atoms with Crippen LogP contribution in [0, 0.1) is 6.92 Å². The molecule has 0 aliphatic heterocycles. The van der Waals surface area contributed by atoms with Gasteiger partial charge in [0.15, 0.2) is 0 Å². The van der Waals surface area contributed by atoms with Crippen molar-refractivity contribution < 1.29 is 9.90 Å². The van der Waals surface area contributed by atoms with E-state index in [4.69, 9.17) is 10.8 Å². The second-order valence-electron chi connectivity index (χ2n) is 3.14. The first-order valence-corrected chi connectivity index (χ1v) is 5.04. The number of hydrogen-bond donors (Lipinski definition) is 2. The summed E-state index contributed by atoms with van der Waals surface area (Å²) in [5.41, 5.74) is 7.17. The van der Waals surface area contributed by atoms with Gasteiger partial charge in [0.25, 0.3) is 0 Å². The van der Waals surface area contributed by atoms with E-state index >= 15 is 0 Å². The van der Waals surface area contributed by atoms with Crippen LogP contribution in [-0.2, 0) is 4.79 Å². The number of carboxylic acids is 1. The normalized spacial score (nSPS) is 12.5. The Bertz CT molecular complexity index is 352. The fourth-order valence-corrected chi connectivity index (χ4v) is 1.51. The summed E-state index contributed by atoms with van der Waals surface area (Å²) in [5.74, 6) is -1.49. The molecule has 1 aromatic rings. The van der Waals surface area contributed by atoms with Crippen molar-refractivity contribution in [2.45, 2.75) is 12.8 Å². The van der Waals surface area contributed by atoms with Crippen molar-refractivity contribution >= 4 is 21.9 Å². The van der Waals surface area contributed by atoms with Gasteiger partial charge in [-0.1, -0.05) is 28.1 Å². The highest BCUT2D eigenvalue weighted by molar-refractivity contribution is 9.10. The van der Waals surface area contributed by atoms with Crippen molar-refractivity contribution in [3.05, 3.63) is 33.8 Å². The molecule has 76 valence electrons. The van der Waals surface area contributed by atoms with Gasteiger partial charge in [0.05, 0.1) is 5.92 Å². The molecule has 0 heterocycles. The van der Waals surface area contributed by atoms with Crippen LogP contribution in [0.3, 0.4) is 0 Å². The molecule has 3 nitrogen and oxygen atoms in total. The van der Waals surface area contributed by atoms with Gasteiger partial charge < -0.3 is 10.8 Å². The second-order valence-corrected chi connectivity index (χ2v) is 3.99. The number of halogens is 1. The Morgan fingerprint density at radius 3 is 2.71 bits per heavy atom. The molecule has 0 amide bonds. The van der Waals surface area contributed by atoms with Crippen LogP contribution in [0.25, 0.3) is 0 Å². The van der Waals surface area contributed by atoms with Crippen LogP contribution >= 0.6 is 15.9 Å². The summed E-state index contributed by atoms with van der Waals surface area (Å²) >= 11 is 3.36. The molecule has 4 heteroatoms. The Kier molecular flexibility index (Phi) is 3.66. The standard InChI is InChI=1S/C10H12BrNO2/c1-6-4-7(2-3-9(6)11)8(5-12)10(13)14/h2-4,8H,5,12H2,1H3,(H,13,14). The molecular weight excluding hydrogens is 246 g/mol. The SMILES string of the molecule is Cc1cc(C(CN)C(=O)O)ccc1Br.